The van der Waals surface area contributed by atoms with E-state index in [1.54, 1.807) is 30.8 Å². The number of anilines is 2. The van der Waals surface area contributed by atoms with Crippen molar-refractivity contribution in [3.05, 3.63) is 4.88 Å². The molecule has 1 aromatic rings. The summed E-state index contributed by atoms with van der Waals surface area (Å²) in [5, 5.41) is 1.13. The largest absolute Gasteiger partial charge is 0.396 e. The number of nitrogen functional groups attached to an aromatic ring is 1. The number of amides is 1. The standard InChI is InChI=1S/C13H21N3OS2/c1-15(2)12(17)10-9(14)11(18-4)13(19-10)16(3)7-8-5-6-8/h8H,5-7,14H2,1-4H3. The van der Waals surface area contributed by atoms with E-state index in [9.17, 15) is 4.79 Å². The Morgan fingerprint density at radius 3 is 2.53 bits per heavy atom. The maximum atomic E-state index is 12.1. The number of thioether (sulfide) groups is 1. The molecule has 0 saturated heterocycles. The van der Waals surface area contributed by atoms with Crippen LogP contribution >= 0.6 is 23.1 Å². The lowest BCUT2D eigenvalue weighted by atomic mass is 10.3. The van der Waals surface area contributed by atoms with E-state index >= 15 is 0 Å². The van der Waals surface area contributed by atoms with E-state index in [4.69, 9.17) is 5.73 Å². The molecular weight excluding hydrogens is 278 g/mol. The third-order valence-corrected chi connectivity index (χ3v) is 5.52. The second-order valence-electron chi connectivity index (χ2n) is 5.21. The first-order chi connectivity index (χ1) is 8.95. The molecule has 0 radical (unpaired) electrons. The molecule has 0 aromatic carbocycles. The van der Waals surface area contributed by atoms with Crippen LogP contribution in [0.4, 0.5) is 10.7 Å². The first-order valence-corrected chi connectivity index (χ1v) is 8.38. The van der Waals surface area contributed by atoms with E-state index < -0.39 is 0 Å². The van der Waals surface area contributed by atoms with Gasteiger partial charge in [-0.2, -0.15) is 0 Å². The summed E-state index contributed by atoms with van der Waals surface area (Å²) in [6, 6.07) is 0. The highest BCUT2D eigenvalue weighted by Gasteiger charge is 2.27. The maximum absolute atomic E-state index is 12.1. The van der Waals surface area contributed by atoms with Gasteiger partial charge >= 0.3 is 0 Å². The van der Waals surface area contributed by atoms with Crippen LogP contribution in [0.1, 0.15) is 22.5 Å². The summed E-state index contributed by atoms with van der Waals surface area (Å²) in [4.78, 5) is 17.7. The number of hydrogen-bond donors (Lipinski definition) is 1. The third-order valence-electron chi connectivity index (χ3n) is 3.26. The summed E-state index contributed by atoms with van der Waals surface area (Å²) < 4.78 is 0. The van der Waals surface area contributed by atoms with Gasteiger partial charge in [-0.25, -0.2) is 0 Å². The molecule has 106 valence electrons. The Bertz CT molecular complexity index is 480. The molecule has 1 aliphatic carbocycles. The van der Waals surface area contributed by atoms with Crippen molar-refractivity contribution in [2.75, 3.05) is 44.6 Å². The van der Waals surface area contributed by atoms with Crippen molar-refractivity contribution in [3.63, 3.8) is 0 Å². The number of rotatable bonds is 5. The average Bonchev–Trinajstić information content (AvgIpc) is 3.10. The Hall–Kier alpha value is -0.880. The van der Waals surface area contributed by atoms with E-state index in [-0.39, 0.29) is 5.91 Å². The molecule has 0 aliphatic heterocycles. The van der Waals surface area contributed by atoms with Crippen LogP contribution in [-0.2, 0) is 0 Å². The van der Waals surface area contributed by atoms with Crippen LogP contribution in [-0.4, -0.2) is 44.8 Å². The molecular formula is C13H21N3OS2. The predicted molar refractivity (Wildman–Crippen MR) is 84.5 cm³/mol. The molecule has 19 heavy (non-hydrogen) atoms. The number of thiophene rings is 1. The zero-order valence-electron chi connectivity index (χ0n) is 11.9. The van der Waals surface area contributed by atoms with E-state index in [0.29, 0.717) is 10.6 Å². The van der Waals surface area contributed by atoms with Crippen LogP contribution in [0, 0.1) is 5.92 Å². The second-order valence-corrected chi connectivity index (χ2v) is 7.02. The number of carbonyl (C=O) groups is 1. The molecule has 0 spiro atoms. The Balaban J connectivity index is 2.31. The van der Waals surface area contributed by atoms with Crippen molar-refractivity contribution in [2.45, 2.75) is 17.7 Å². The van der Waals surface area contributed by atoms with Crippen LogP contribution in [0.2, 0.25) is 0 Å². The third kappa shape index (κ3) is 3.00. The molecule has 1 aliphatic rings. The van der Waals surface area contributed by atoms with Gasteiger partial charge in [0, 0.05) is 27.7 Å². The molecule has 0 unspecified atom stereocenters. The van der Waals surface area contributed by atoms with Crippen molar-refractivity contribution >= 4 is 39.7 Å². The van der Waals surface area contributed by atoms with Gasteiger partial charge in [-0.15, -0.1) is 23.1 Å². The molecule has 1 aromatic heterocycles. The van der Waals surface area contributed by atoms with E-state index in [0.717, 1.165) is 22.4 Å². The number of nitrogens with zero attached hydrogens (tertiary/aromatic N) is 2. The summed E-state index contributed by atoms with van der Waals surface area (Å²) in [6.07, 6.45) is 4.66. The quantitative estimate of drug-likeness (QED) is 0.849. The summed E-state index contributed by atoms with van der Waals surface area (Å²) in [5.41, 5.74) is 6.79. The number of hydrogen-bond acceptors (Lipinski definition) is 5. The fourth-order valence-corrected chi connectivity index (χ4v) is 4.20. The van der Waals surface area contributed by atoms with Gasteiger partial charge in [0.15, 0.2) is 0 Å². The average molecular weight is 299 g/mol. The van der Waals surface area contributed by atoms with Gasteiger partial charge in [0.2, 0.25) is 0 Å². The zero-order valence-corrected chi connectivity index (χ0v) is 13.5. The minimum atomic E-state index is -0.0103. The van der Waals surface area contributed by atoms with Gasteiger partial charge in [-0.3, -0.25) is 4.79 Å². The Morgan fingerprint density at radius 2 is 2.05 bits per heavy atom. The smallest absolute Gasteiger partial charge is 0.265 e. The molecule has 1 fully saturated rings. The normalized spacial score (nSPS) is 14.5. The van der Waals surface area contributed by atoms with Gasteiger partial charge in [-0.1, -0.05) is 0 Å². The summed E-state index contributed by atoms with van der Waals surface area (Å²) in [7, 11) is 5.61. The Labute approximate surface area is 122 Å². The van der Waals surface area contributed by atoms with Gasteiger partial charge in [0.1, 0.15) is 9.88 Å². The topological polar surface area (TPSA) is 49.6 Å². The molecule has 1 heterocycles. The molecule has 2 rings (SSSR count). The van der Waals surface area contributed by atoms with E-state index in [1.165, 1.54) is 24.2 Å². The monoisotopic (exact) mass is 299 g/mol. The van der Waals surface area contributed by atoms with Crippen LogP contribution < -0.4 is 10.6 Å². The molecule has 4 nitrogen and oxygen atoms in total. The molecule has 6 heteroatoms. The molecule has 0 atom stereocenters. The minimum absolute atomic E-state index is 0.0103. The molecule has 2 N–H and O–H groups in total. The summed E-state index contributed by atoms with van der Waals surface area (Å²) >= 11 is 3.13. The summed E-state index contributed by atoms with van der Waals surface area (Å²) in [6.45, 7) is 1.06. The number of nitrogens with two attached hydrogens (primary N) is 1. The van der Waals surface area contributed by atoms with Crippen molar-refractivity contribution in [2.24, 2.45) is 5.92 Å². The lowest BCUT2D eigenvalue weighted by Gasteiger charge is -2.18. The zero-order chi connectivity index (χ0) is 14.2. The molecule has 1 amide bonds. The lowest BCUT2D eigenvalue weighted by molar-refractivity contribution is 0.0833. The fourth-order valence-electron chi connectivity index (χ4n) is 2.00. The van der Waals surface area contributed by atoms with Crippen LogP contribution in [0.3, 0.4) is 0 Å². The highest BCUT2D eigenvalue weighted by molar-refractivity contribution is 7.99. The van der Waals surface area contributed by atoms with Gasteiger partial charge in [0.05, 0.1) is 10.6 Å². The molecule has 0 bridgehead atoms. The first kappa shape index (κ1) is 14.5. The first-order valence-electron chi connectivity index (χ1n) is 6.34. The van der Waals surface area contributed by atoms with E-state index in [1.807, 2.05) is 6.26 Å². The number of carbonyl (C=O) groups excluding carboxylic acids is 1. The van der Waals surface area contributed by atoms with Crippen LogP contribution in [0.5, 0.6) is 0 Å². The second kappa shape index (κ2) is 5.63. The van der Waals surface area contributed by atoms with Crippen molar-refractivity contribution < 1.29 is 4.79 Å². The minimum Gasteiger partial charge on any atom is -0.396 e. The highest BCUT2D eigenvalue weighted by Crippen LogP contribution is 2.44. The predicted octanol–water partition coefficient (Wildman–Crippen LogP) is 2.60. The Kier molecular flexibility index (Phi) is 4.30. The summed E-state index contributed by atoms with van der Waals surface area (Å²) in [5.74, 6) is 0.805. The van der Waals surface area contributed by atoms with Gasteiger partial charge in [0.25, 0.3) is 5.91 Å². The van der Waals surface area contributed by atoms with Crippen LogP contribution in [0.15, 0.2) is 4.90 Å². The highest BCUT2D eigenvalue weighted by atomic mass is 32.2. The van der Waals surface area contributed by atoms with Crippen molar-refractivity contribution in [1.82, 2.24) is 4.90 Å². The van der Waals surface area contributed by atoms with Gasteiger partial charge < -0.3 is 15.5 Å². The SMILES string of the molecule is CSc1c(N(C)CC2CC2)sc(C(=O)N(C)C)c1N. The van der Waals surface area contributed by atoms with Crippen LogP contribution in [0.25, 0.3) is 0 Å². The van der Waals surface area contributed by atoms with Crippen molar-refractivity contribution in [1.29, 1.82) is 0 Å². The van der Waals surface area contributed by atoms with E-state index in [2.05, 4.69) is 11.9 Å². The fraction of sp³-hybridized carbons (Fsp3) is 0.615. The Morgan fingerprint density at radius 1 is 1.42 bits per heavy atom. The van der Waals surface area contributed by atoms with Crippen molar-refractivity contribution in [3.8, 4) is 0 Å². The molecule has 1 saturated carbocycles. The van der Waals surface area contributed by atoms with Gasteiger partial charge in [-0.05, 0) is 25.0 Å². The lowest BCUT2D eigenvalue weighted by Crippen LogP contribution is -2.21. The maximum Gasteiger partial charge on any atom is 0.265 e.